The van der Waals surface area contributed by atoms with Crippen molar-refractivity contribution < 1.29 is 4.74 Å². The molecule has 1 aromatic heterocycles. The van der Waals surface area contributed by atoms with E-state index in [1.165, 1.54) is 0 Å². The monoisotopic (exact) mass is 248 g/mol. The Morgan fingerprint density at radius 2 is 2.18 bits per heavy atom. The van der Waals surface area contributed by atoms with Crippen molar-refractivity contribution in [1.82, 2.24) is 4.98 Å². The Hall–Kier alpha value is -1.74. The molecule has 0 spiro atoms. The molecular formula is C13H13ClN2O. The average Bonchev–Trinajstić information content (AvgIpc) is 2.30. The Bertz CT molecular complexity index is 529. The topological polar surface area (TPSA) is 48.1 Å². The summed E-state index contributed by atoms with van der Waals surface area (Å²) in [5, 5.41) is 0.601. The SMILES string of the molecule is Cc1cccnc1COc1ccc(Cl)cc1N. The van der Waals surface area contributed by atoms with Gasteiger partial charge in [-0.25, -0.2) is 0 Å². The molecule has 0 bridgehead atoms. The van der Waals surface area contributed by atoms with Crippen LogP contribution in [0.4, 0.5) is 5.69 Å². The number of nitrogen functional groups attached to an aromatic ring is 1. The maximum absolute atomic E-state index is 5.81. The molecule has 0 unspecified atom stereocenters. The van der Waals surface area contributed by atoms with Crippen molar-refractivity contribution in [3.05, 3.63) is 52.8 Å². The molecule has 3 nitrogen and oxygen atoms in total. The van der Waals surface area contributed by atoms with E-state index in [2.05, 4.69) is 4.98 Å². The minimum atomic E-state index is 0.401. The standard InChI is InChI=1S/C13H13ClN2O/c1-9-3-2-6-16-12(9)8-17-13-5-4-10(14)7-11(13)15/h2-7H,8,15H2,1H3. The molecule has 0 aliphatic rings. The number of aromatic nitrogens is 1. The van der Waals surface area contributed by atoms with Crippen LogP contribution in [0.25, 0.3) is 0 Å². The number of hydrogen-bond acceptors (Lipinski definition) is 3. The smallest absolute Gasteiger partial charge is 0.142 e. The fourth-order valence-electron chi connectivity index (χ4n) is 1.47. The van der Waals surface area contributed by atoms with Crippen LogP contribution in [0.1, 0.15) is 11.3 Å². The van der Waals surface area contributed by atoms with E-state index >= 15 is 0 Å². The molecule has 2 aromatic rings. The first kappa shape index (κ1) is 11.7. The van der Waals surface area contributed by atoms with Crippen LogP contribution in [0.5, 0.6) is 5.75 Å². The quantitative estimate of drug-likeness (QED) is 0.849. The summed E-state index contributed by atoms with van der Waals surface area (Å²) in [6.07, 6.45) is 1.75. The lowest BCUT2D eigenvalue weighted by molar-refractivity contribution is 0.302. The normalized spacial score (nSPS) is 10.2. The highest BCUT2D eigenvalue weighted by atomic mass is 35.5. The maximum atomic E-state index is 5.81. The third-order valence-electron chi connectivity index (χ3n) is 2.45. The second-order valence-corrected chi connectivity index (χ2v) is 4.17. The van der Waals surface area contributed by atoms with Gasteiger partial charge in [0.25, 0.3) is 0 Å². The number of nitrogens with two attached hydrogens (primary N) is 1. The van der Waals surface area contributed by atoms with Gasteiger partial charge in [0, 0.05) is 11.2 Å². The second-order valence-electron chi connectivity index (χ2n) is 3.74. The first-order valence-electron chi connectivity index (χ1n) is 5.25. The van der Waals surface area contributed by atoms with Crippen molar-refractivity contribution in [2.75, 3.05) is 5.73 Å². The number of rotatable bonds is 3. The Labute approximate surface area is 105 Å². The summed E-state index contributed by atoms with van der Waals surface area (Å²) >= 11 is 5.81. The Kier molecular flexibility index (Phi) is 3.49. The molecule has 1 aromatic carbocycles. The van der Waals surface area contributed by atoms with Crippen molar-refractivity contribution in [1.29, 1.82) is 0 Å². The third kappa shape index (κ3) is 2.88. The van der Waals surface area contributed by atoms with Gasteiger partial charge in [-0.2, -0.15) is 0 Å². The van der Waals surface area contributed by atoms with Crippen molar-refractivity contribution in [3.8, 4) is 5.75 Å². The van der Waals surface area contributed by atoms with Crippen LogP contribution < -0.4 is 10.5 Å². The van der Waals surface area contributed by atoms with Gasteiger partial charge in [0.1, 0.15) is 12.4 Å². The lowest BCUT2D eigenvalue weighted by Gasteiger charge is -2.09. The van der Waals surface area contributed by atoms with Gasteiger partial charge in [0.2, 0.25) is 0 Å². The van der Waals surface area contributed by atoms with E-state index in [0.29, 0.717) is 23.1 Å². The van der Waals surface area contributed by atoms with Crippen LogP contribution in [-0.2, 0) is 6.61 Å². The average molecular weight is 249 g/mol. The highest BCUT2D eigenvalue weighted by molar-refractivity contribution is 6.30. The van der Waals surface area contributed by atoms with Crippen LogP contribution >= 0.6 is 11.6 Å². The summed E-state index contributed by atoms with van der Waals surface area (Å²) in [6, 6.07) is 9.07. The van der Waals surface area contributed by atoms with Crippen molar-refractivity contribution >= 4 is 17.3 Å². The van der Waals surface area contributed by atoms with E-state index in [1.54, 1.807) is 24.4 Å². The molecule has 0 saturated carbocycles. The fraction of sp³-hybridized carbons (Fsp3) is 0.154. The van der Waals surface area contributed by atoms with Crippen molar-refractivity contribution in [3.63, 3.8) is 0 Å². The number of hydrogen-bond donors (Lipinski definition) is 1. The minimum absolute atomic E-state index is 0.401. The van der Waals surface area contributed by atoms with Gasteiger partial charge >= 0.3 is 0 Å². The predicted molar refractivity (Wildman–Crippen MR) is 69.2 cm³/mol. The molecule has 0 aliphatic heterocycles. The lowest BCUT2D eigenvalue weighted by Crippen LogP contribution is -2.02. The van der Waals surface area contributed by atoms with E-state index in [9.17, 15) is 0 Å². The number of aryl methyl sites for hydroxylation is 1. The Morgan fingerprint density at radius 3 is 2.88 bits per heavy atom. The zero-order valence-electron chi connectivity index (χ0n) is 9.48. The number of halogens is 1. The van der Waals surface area contributed by atoms with Gasteiger partial charge in [0.05, 0.1) is 11.4 Å². The highest BCUT2D eigenvalue weighted by Gasteiger charge is 2.03. The van der Waals surface area contributed by atoms with Crippen LogP contribution in [-0.4, -0.2) is 4.98 Å². The summed E-state index contributed by atoms with van der Waals surface area (Å²) in [4.78, 5) is 4.25. The summed E-state index contributed by atoms with van der Waals surface area (Å²) in [5.41, 5.74) is 8.33. The molecule has 0 amide bonds. The number of anilines is 1. The molecule has 4 heteroatoms. The van der Waals surface area contributed by atoms with Gasteiger partial charge in [0.15, 0.2) is 0 Å². The molecule has 2 rings (SSSR count). The molecule has 0 saturated heterocycles. The molecule has 2 N–H and O–H groups in total. The minimum Gasteiger partial charge on any atom is -0.485 e. The molecule has 17 heavy (non-hydrogen) atoms. The Morgan fingerprint density at radius 1 is 1.35 bits per heavy atom. The van der Waals surface area contributed by atoms with Crippen molar-refractivity contribution in [2.45, 2.75) is 13.5 Å². The number of pyridine rings is 1. The molecule has 0 fully saturated rings. The number of benzene rings is 1. The van der Waals surface area contributed by atoms with Gasteiger partial charge in [-0.15, -0.1) is 0 Å². The predicted octanol–water partition coefficient (Wildman–Crippen LogP) is 3.20. The number of ether oxygens (including phenoxy) is 1. The zero-order chi connectivity index (χ0) is 12.3. The maximum Gasteiger partial charge on any atom is 0.142 e. The molecule has 88 valence electrons. The first-order chi connectivity index (χ1) is 8.16. The van der Waals surface area contributed by atoms with Gasteiger partial charge in [-0.1, -0.05) is 17.7 Å². The summed E-state index contributed by atoms with van der Waals surface area (Å²) in [5.74, 6) is 0.624. The second kappa shape index (κ2) is 5.06. The number of nitrogens with zero attached hydrogens (tertiary/aromatic N) is 1. The van der Waals surface area contributed by atoms with Crippen LogP contribution in [0.2, 0.25) is 5.02 Å². The molecule has 0 atom stereocenters. The lowest BCUT2D eigenvalue weighted by atomic mass is 10.2. The van der Waals surface area contributed by atoms with Crippen LogP contribution in [0.15, 0.2) is 36.5 Å². The van der Waals surface area contributed by atoms with Crippen molar-refractivity contribution in [2.24, 2.45) is 0 Å². The van der Waals surface area contributed by atoms with Crippen LogP contribution in [0, 0.1) is 6.92 Å². The summed E-state index contributed by atoms with van der Waals surface area (Å²) in [6.45, 7) is 2.40. The molecule has 0 aliphatic carbocycles. The third-order valence-corrected chi connectivity index (χ3v) is 2.69. The Balaban J connectivity index is 2.10. The van der Waals surface area contributed by atoms with E-state index in [4.69, 9.17) is 22.1 Å². The van der Waals surface area contributed by atoms with Crippen LogP contribution in [0.3, 0.4) is 0 Å². The van der Waals surface area contributed by atoms with E-state index in [-0.39, 0.29) is 0 Å². The molecule has 0 radical (unpaired) electrons. The fourth-order valence-corrected chi connectivity index (χ4v) is 1.65. The zero-order valence-corrected chi connectivity index (χ0v) is 10.2. The van der Waals surface area contributed by atoms with E-state index < -0.39 is 0 Å². The van der Waals surface area contributed by atoms with Gasteiger partial charge in [-0.05, 0) is 36.8 Å². The van der Waals surface area contributed by atoms with Gasteiger partial charge < -0.3 is 10.5 Å². The van der Waals surface area contributed by atoms with E-state index in [0.717, 1.165) is 11.3 Å². The summed E-state index contributed by atoms with van der Waals surface area (Å²) in [7, 11) is 0. The first-order valence-corrected chi connectivity index (χ1v) is 5.63. The molecule has 1 heterocycles. The largest absolute Gasteiger partial charge is 0.485 e. The molecular weight excluding hydrogens is 236 g/mol. The van der Waals surface area contributed by atoms with E-state index in [1.807, 2.05) is 19.1 Å². The van der Waals surface area contributed by atoms with Gasteiger partial charge in [-0.3, -0.25) is 4.98 Å². The highest BCUT2D eigenvalue weighted by Crippen LogP contribution is 2.25. The summed E-state index contributed by atoms with van der Waals surface area (Å²) < 4.78 is 5.61.